The molecule has 4 aromatic heterocycles. The molecular weight excluding hydrogens is 915 g/mol. The minimum Gasteiger partial charge on any atom is -0.504 e. The smallest absolute Gasteiger partial charge is 0.360 e. The molecule has 3 N–H and O–H groups in total. The topological polar surface area (TPSA) is 232 Å². The number of carbonyl (C=O) groups excluding carboxylic acids is 2. The highest BCUT2D eigenvalue weighted by Crippen LogP contribution is 2.35. The van der Waals surface area contributed by atoms with Gasteiger partial charge in [0, 0.05) is 51.4 Å². The molecule has 7 rings (SSSR count). The van der Waals surface area contributed by atoms with Crippen LogP contribution in [0.15, 0.2) is 103 Å². The standard InChI is InChI=1S/C26H25FN4O5S.C19H19FN4O5S/c1-31(2)37(33,34)30-25-21-14-19(13-17-9-11-20(27)12-10-17)15-28-22(21)24(23(29-25)26(32)35-3)36-16-18-7-5-4-6-8-18;1-24(2)30(27,28)23-18-14-9-12(8-11-4-6-13(20)7-5-11)10-21-15(14)17(25)16(22-18)19(26)29-3/h4-12,14-15H,13,16H2,1-3H3,(H,29,30);4-7,9-10,25H,8H2,1-3H3,(H,22,23). The zero-order valence-corrected chi connectivity index (χ0v) is 38.4. The lowest BCUT2D eigenvalue weighted by Gasteiger charge is -2.18. The molecule has 0 radical (unpaired) electrons. The summed E-state index contributed by atoms with van der Waals surface area (Å²) in [5, 5.41) is 10.9. The number of pyridine rings is 4. The van der Waals surface area contributed by atoms with Crippen molar-refractivity contribution in [3.8, 4) is 11.5 Å². The average Bonchev–Trinajstić information content (AvgIpc) is 3.30. The van der Waals surface area contributed by atoms with Gasteiger partial charge in [-0.05, 0) is 77.1 Å². The van der Waals surface area contributed by atoms with Gasteiger partial charge in [-0.3, -0.25) is 19.4 Å². The highest BCUT2D eigenvalue weighted by Gasteiger charge is 2.27. The number of benzene rings is 3. The minimum absolute atomic E-state index is 0.0234. The number of methoxy groups -OCH3 is 2. The molecule has 0 aliphatic rings. The molecule has 0 bridgehead atoms. The van der Waals surface area contributed by atoms with Crippen LogP contribution >= 0.6 is 0 Å². The number of rotatable bonds is 15. The zero-order valence-electron chi connectivity index (χ0n) is 36.8. The van der Waals surface area contributed by atoms with E-state index >= 15 is 0 Å². The van der Waals surface area contributed by atoms with Crippen molar-refractivity contribution < 1.29 is 54.5 Å². The van der Waals surface area contributed by atoms with Crippen LogP contribution < -0.4 is 14.2 Å². The summed E-state index contributed by atoms with van der Waals surface area (Å²) in [6, 6.07) is 24.5. The lowest BCUT2D eigenvalue weighted by molar-refractivity contribution is 0.0581. The Labute approximate surface area is 384 Å². The van der Waals surface area contributed by atoms with E-state index in [1.54, 1.807) is 42.6 Å². The molecule has 4 heterocycles. The summed E-state index contributed by atoms with van der Waals surface area (Å²) in [6.45, 7) is 0.114. The van der Waals surface area contributed by atoms with Crippen molar-refractivity contribution in [1.82, 2.24) is 28.5 Å². The summed E-state index contributed by atoms with van der Waals surface area (Å²) >= 11 is 0. The number of aromatic nitrogens is 4. The first-order valence-electron chi connectivity index (χ1n) is 19.9. The van der Waals surface area contributed by atoms with Crippen molar-refractivity contribution in [1.29, 1.82) is 0 Å². The van der Waals surface area contributed by atoms with Gasteiger partial charge in [0.2, 0.25) is 0 Å². The Kier molecular flexibility index (Phi) is 15.3. The number of aromatic hydroxyl groups is 1. The van der Waals surface area contributed by atoms with E-state index in [1.807, 2.05) is 30.3 Å². The number of esters is 2. The Bertz CT molecular complexity index is 3170. The highest BCUT2D eigenvalue weighted by atomic mass is 32.2. The maximum Gasteiger partial charge on any atom is 0.360 e. The van der Waals surface area contributed by atoms with Crippen LogP contribution in [0.5, 0.6) is 11.5 Å². The summed E-state index contributed by atoms with van der Waals surface area (Å²) < 4.78 is 98.6. The molecular formula is C45H44F2N8O10S2. The van der Waals surface area contributed by atoms with Gasteiger partial charge in [0.05, 0.1) is 14.2 Å². The Morgan fingerprint density at radius 2 is 1.04 bits per heavy atom. The molecule has 0 aliphatic carbocycles. The summed E-state index contributed by atoms with van der Waals surface area (Å²) in [5.41, 5.74) is 3.36. The van der Waals surface area contributed by atoms with Crippen LogP contribution in [-0.4, -0.2) is 105 Å². The maximum absolute atomic E-state index is 13.3. The number of carbonyl (C=O) groups is 2. The number of nitrogens with one attached hydrogen (secondary N) is 2. The van der Waals surface area contributed by atoms with Gasteiger partial charge in [-0.2, -0.15) is 25.4 Å². The van der Waals surface area contributed by atoms with Crippen LogP contribution in [0.3, 0.4) is 0 Å². The zero-order chi connectivity index (χ0) is 48.6. The predicted molar refractivity (Wildman–Crippen MR) is 245 cm³/mol. The summed E-state index contributed by atoms with van der Waals surface area (Å²) in [7, 11) is -0.269. The van der Waals surface area contributed by atoms with Gasteiger partial charge in [0.1, 0.15) is 29.3 Å². The lowest BCUT2D eigenvalue weighted by Crippen LogP contribution is -2.29. The monoisotopic (exact) mass is 958 g/mol. The van der Waals surface area contributed by atoms with E-state index in [0.29, 0.717) is 29.4 Å². The number of halogens is 2. The molecule has 0 saturated heterocycles. The molecule has 0 unspecified atom stereocenters. The number of hydrogen-bond acceptors (Lipinski definition) is 14. The van der Waals surface area contributed by atoms with Crippen molar-refractivity contribution in [3.63, 3.8) is 0 Å². The minimum atomic E-state index is -3.98. The Hall–Kier alpha value is -7.40. The van der Waals surface area contributed by atoms with E-state index in [-0.39, 0.29) is 57.7 Å². The molecule has 7 aromatic rings. The van der Waals surface area contributed by atoms with Gasteiger partial charge in [-0.1, -0.05) is 54.6 Å². The van der Waals surface area contributed by atoms with Gasteiger partial charge in [-0.15, -0.1) is 0 Å². The fourth-order valence-corrected chi connectivity index (χ4v) is 7.38. The molecule has 0 aliphatic heterocycles. The SMILES string of the molecule is COC(=O)c1nc(NS(=O)(=O)N(C)C)c2cc(Cc3ccc(F)cc3)cnc2c1O.COC(=O)c1nc(NS(=O)(=O)N(C)C)c2cc(Cc3ccc(F)cc3)cnc2c1OCc1ccccc1. The number of hydrogen-bond donors (Lipinski definition) is 3. The van der Waals surface area contributed by atoms with Gasteiger partial charge in [0.15, 0.2) is 34.5 Å². The molecule has 0 saturated carbocycles. The first kappa shape index (κ1) is 49.0. The third kappa shape index (κ3) is 11.9. The van der Waals surface area contributed by atoms with Crippen LogP contribution in [0, 0.1) is 11.6 Å². The van der Waals surface area contributed by atoms with Crippen molar-refractivity contribution in [3.05, 3.63) is 154 Å². The summed E-state index contributed by atoms with van der Waals surface area (Å²) in [4.78, 5) is 41.6. The van der Waals surface area contributed by atoms with Crippen molar-refractivity contribution in [2.24, 2.45) is 0 Å². The Balaban J connectivity index is 0.000000226. The fraction of sp³-hybridized carbons (Fsp3) is 0.200. The van der Waals surface area contributed by atoms with Crippen LogP contribution in [0.2, 0.25) is 0 Å². The van der Waals surface area contributed by atoms with Gasteiger partial charge < -0.3 is 19.3 Å². The summed E-state index contributed by atoms with van der Waals surface area (Å²) in [6.07, 6.45) is 3.84. The number of anilines is 2. The van der Waals surface area contributed by atoms with Crippen LogP contribution in [0.1, 0.15) is 48.8 Å². The highest BCUT2D eigenvalue weighted by molar-refractivity contribution is 7.90. The van der Waals surface area contributed by atoms with Crippen LogP contribution in [0.25, 0.3) is 21.8 Å². The summed E-state index contributed by atoms with van der Waals surface area (Å²) in [5.74, 6) is -3.23. The quantitative estimate of drug-likeness (QED) is 0.0999. The molecule has 0 amide bonds. The van der Waals surface area contributed by atoms with Crippen molar-refractivity contribution in [2.45, 2.75) is 19.4 Å². The molecule has 22 heteroatoms. The first-order chi connectivity index (χ1) is 31.8. The van der Waals surface area contributed by atoms with E-state index in [1.165, 1.54) is 65.8 Å². The van der Waals surface area contributed by atoms with Crippen LogP contribution in [0.4, 0.5) is 20.4 Å². The average molecular weight is 959 g/mol. The van der Waals surface area contributed by atoms with Crippen molar-refractivity contribution in [2.75, 3.05) is 51.9 Å². The largest absolute Gasteiger partial charge is 0.504 e. The Morgan fingerprint density at radius 3 is 1.51 bits per heavy atom. The lowest BCUT2D eigenvalue weighted by atomic mass is 10.0. The molecule has 0 spiro atoms. The molecule has 0 atom stereocenters. The molecule has 18 nitrogen and oxygen atoms in total. The van der Waals surface area contributed by atoms with E-state index in [0.717, 1.165) is 32.4 Å². The van der Waals surface area contributed by atoms with Gasteiger partial charge in [-0.25, -0.2) is 28.3 Å². The second-order valence-electron chi connectivity index (χ2n) is 14.9. The molecule has 3 aromatic carbocycles. The molecule has 0 fully saturated rings. The third-order valence-corrected chi connectivity index (χ3v) is 12.6. The van der Waals surface area contributed by atoms with Gasteiger partial charge >= 0.3 is 32.4 Å². The normalized spacial score (nSPS) is 11.6. The molecule has 350 valence electrons. The van der Waals surface area contributed by atoms with E-state index in [2.05, 4.69) is 34.1 Å². The Morgan fingerprint density at radius 1 is 0.612 bits per heavy atom. The van der Waals surface area contributed by atoms with E-state index < -0.39 is 43.8 Å². The van der Waals surface area contributed by atoms with Crippen LogP contribution in [-0.2, 0) is 49.3 Å². The predicted octanol–water partition coefficient (Wildman–Crippen LogP) is 6.01. The van der Waals surface area contributed by atoms with E-state index in [4.69, 9.17) is 9.47 Å². The van der Waals surface area contributed by atoms with Gasteiger partial charge in [0.25, 0.3) is 0 Å². The molecule has 67 heavy (non-hydrogen) atoms. The number of fused-ring (bicyclic) bond motifs is 2. The van der Waals surface area contributed by atoms with E-state index in [9.17, 15) is 40.3 Å². The number of ether oxygens (including phenoxy) is 3. The second-order valence-corrected chi connectivity index (χ2v) is 18.7. The number of nitrogens with zero attached hydrogens (tertiary/aromatic N) is 6. The maximum atomic E-state index is 13.3. The first-order valence-corrected chi connectivity index (χ1v) is 22.7. The second kappa shape index (κ2) is 20.8. The third-order valence-electron chi connectivity index (χ3n) is 9.76. The van der Waals surface area contributed by atoms with Crippen molar-refractivity contribution >= 4 is 65.8 Å². The fourth-order valence-electron chi connectivity index (χ4n) is 6.21.